The summed E-state index contributed by atoms with van der Waals surface area (Å²) in [5.41, 5.74) is -0.0447. The van der Waals surface area contributed by atoms with E-state index in [1.165, 1.54) is 25.1 Å². The largest absolute Gasteiger partial charge is 1.00 e. The number of nitrogens with zero attached hydrogens (tertiary/aromatic N) is 4. The van der Waals surface area contributed by atoms with Gasteiger partial charge < -0.3 is 19.8 Å². The number of carbonyl (C=O) groups excluding carboxylic acids is 2. The Kier molecular flexibility index (Phi) is 6.32. The van der Waals surface area contributed by atoms with Crippen LogP contribution in [0.25, 0.3) is 5.82 Å². The number of nitrogens with one attached hydrogen (secondary N) is 1. The van der Waals surface area contributed by atoms with Gasteiger partial charge in [0.1, 0.15) is 11.9 Å². The summed E-state index contributed by atoms with van der Waals surface area (Å²) in [6.45, 7) is 1.44. The monoisotopic (exact) mass is 371 g/mol. The molecular formula is C18H11FLiN5O3. The fourth-order valence-electron chi connectivity index (χ4n) is 2.33. The first-order chi connectivity index (χ1) is 12.9. The van der Waals surface area contributed by atoms with Crippen LogP contribution in [-0.4, -0.2) is 26.6 Å². The first-order valence-electron chi connectivity index (χ1n) is 7.64. The second-order valence-corrected chi connectivity index (χ2v) is 5.58. The van der Waals surface area contributed by atoms with E-state index in [1.807, 2.05) is 6.07 Å². The van der Waals surface area contributed by atoms with E-state index >= 15 is 0 Å². The van der Waals surface area contributed by atoms with E-state index < -0.39 is 23.3 Å². The van der Waals surface area contributed by atoms with Crippen LogP contribution in [0, 0.1) is 24.1 Å². The molecule has 0 saturated heterocycles. The molecule has 1 aromatic carbocycles. The smallest absolute Gasteiger partial charge is 0.545 e. The second kappa shape index (κ2) is 8.48. The Morgan fingerprint density at radius 3 is 2.57 bits per heavy atom. The first kappa shape index (κ1) is 20.8. The molecule has 2 heterocycles. The molecule has 1 amide bonds. The van der Waals surface area contributed by atoms with Gasteiger partial charge in [0.15, 0.2) is 11.5 Å². The van der Waals surface area contributed by atoms with Crippen LogP contribution in [0.4, 0.5) is 10.1 Å². The van der Waals surface area contributed by atoms with E-state index in [0.717, 1.165) is 6.07 Å². The maximum atomic E-state index is 13.6. The van der Waals surface area contributed by atoms with Gasteiger partial charge in [-0.1, -0.05) is 0 Å². The summed E-state index contributed by atoms with van der Waals surface area (Å²) in [4.78, 5) is 23.5. The van der Waals surface area contributed by atoms with Crippen LogP contribution in [0.3, 0.4) is 0 Å². The zero-order chi connectivity index (χ0) is 19.6. The molecule has 3 rings (SSSR count). The van der Waals surface area contributed by atoms with Gasteiger partial charge in [0.25, 0.3) is 5.91 Å². The number of nitriles is 1. The molecule has 0 radical (unpaired) electrons. The molecule has 0 unspecified atom stereocenters. The Morgan fingerprint density at radius 2 is 2.00 bits per heavy atom. The Hall–Kier alpha value is -3.46. The molecule has 8 nitrogen and oxygen atoms in total. The van der Waals surface area contributed by atoms with Gasteiger partial charge in [-0.2, -0.15) is 5.26 Å². The van der Waals surface area contributed by atoms with E-state index in [4.69, 9.17) is 5.26 Å². The quantitative estimate of drug-likeness (QED) is 0.540. The molecule has 0 aliphatic carbocycles. The van der Waals surface area contributed by atoms with Crippen molar-refractivity contribution in [2.45, 2.75) is 6.92 Å². The number of amides is 1. The van der Waals surface area contributed by atoms with Crippen molar-refractivity contribution >= 4 is 17.6 Å². The number of aromatic nitrogens is 3. The number of aromatic carboxylic acids is 1. The van der Waals surface area contributed by atoms with Gasteiger partial charge in [-0.15, -0.1) is 10.2 Å². The fourth-order valence-corrected chi connectivity index (χ4v) is 2.33. The molecule has 0 fully saturated rings. The summed E-state index contributed by atoms with van der Waals surface area (Å²) in [5.74, 6) is -2.67. The van der Waals surface area contributed by atoms with Crippen molar-refractivity contribution < 1.29 is 37.9 Å². The summed E-state index contributed by atoms with van der Waals surface area (Å²) in [6, 6.07) is 8.47. The molecule has 3 aromatic rings. The van der Waals surface area contributed by atoms with Gasteiger partial charge in [0.2, 0.25) is 0 Å². The normalized spacial score (nSPS) is 9.89. The van der Waals surface area contributed by atoms with Crippen molar-refractivity contribution in [3.63, 3.8) is 0 Å². The van der Waals surface area contributed by atoms with Gasteiger partial charge in [0, 0.05) is 18.0 Å². The number of carbonyl (C=O) groups is 2. The molecule has 0 saturated carbocycles. The number of anilines is 1. The van der Waals surface area contributed by atoms with Crippen LogP contribution in [-0.2, 0) is 0 Å². The minimum absolute atomic E-state index is 0. The summed E-state index contributed by atoms with van der Waals surface area (Å²) in [5, 5.41) is 30.1. The molecule has 1 N–H and O–H groups in total. The number of halogens is 1. The van der Waals surface area contributed by atoms with E-state index in [-0.39, 0.29) is 35.8 Å². The Morgan fingerprint density at radius 1 is 1.25 bits per heavy atom. The average Bonchev–Trinajstić information content (AvgIpc) is 3.13. The Balaban J connectivity index is 0.00000280. The van der Waals surface area contributed by atoms with Gasteiger partial charge >= 0.3 is 18.9 Å². The van der Waals surface area contributed by atoms with Gasteiger partial charge in [-0.05, 0) is 42.8 Å². The van der Waals surface area contributed by atoms with Crippen LogP contribution in [0.2, 0.25) is 0 Å². The van der Waals surface area contributed by atoms with Gasteiger partial charge in [0.05, 0.1) is 17.2 Å². The van der Waals surface area contributed by atoms with Crippen LogP contribution in [0.5, 0.6) is 0 Å². The number of hydrogen-bond donors (Lipinski definition) is 1. The van der Waals surface area contributed by atoms with E-state index in [1.54, 1.807) is 23.0 Å². The zero-order valence-corrected chi connectivity index (χ0v) is 14.9. The molecule has 0 aliphatic rings. The van der Waals surface area contributed by atoms with Crippen LogP contribution in [0.1, 0.15) is 32.0 Å². The molecule has 10 heteroatoms. The van der Waals surface area contributed by atoms with Crippen molar-refractivity contribution in [2.24, 2.45) is 0 Å². The van der Waals surface area contributed by atoms with E-state index in [2.05, 4.69) is 15.5 Å². The van der Waals surface area contributed by atoms with Crippen LogP contribution in [0.15, 0.2) is 42.7 Å². The molecule has 0 spiro atoms. The van der Waals surface area contributed by atoms with Crippen molar-refractivity contribution in [3.05, 3.63) is 70.9 Å². The predicted octanol–water partition coefficient (Wildman–Crippen LogP) is -1.79. The molecule has 0 atom stereocenters. The SMILES string of the molecule is Cc1cc(NC(=O)c2ccc(-n3ccc(C#N)c3)nn2)c(C(=O)[O-])cc1F.[Li+]. The van der Waals surface area contributed by atoms with Crippen molar-refractivity contribution in [2.75, 3.05) is 5.32 Å². The maximum absolute atomic E-state index is 13.6. The molecule has 2 aromatic heterocycles. The zero-order valence-electron chi connectivity index (χ0n) is 14.9. The Bertz CT molecular complexity index is 1090. The Labute approximate surface area is 170 Å². The fraction of sp³-hybridized carbons (Fsp3) is 0.0556. The number of hydrogen-bond acceptors (Lipinski definition) is 6. The summed E-state index contributed by atoms with van der Waals surface area (Å²) < 4.78 is 15.1. The maximum Gasteiger partial charge on any atom is 1.00 e. The third kappa shape index (κ3) is 4.26. The van der Waals surface area contributed by atoms with Gasteiger partial charge in [-0.3, -0.25) is 4.79 Å². The minimum Gasteiger partial charge on any atom is -0.545 e. The molecular weight excluding hydrogens is 360 g/mol. The number of carboxylic acid groups (broad SMARTS) is 1. The van der Waals surface area contributed by atoms with Crippen LogP contribution < -0.4 is 29.3 Å². The number of aryl methyl sites for hydroxylation is 1. The summed E-state index contributed by atoms with van der Waals surface area (Å²) >= 11 is 0. The van der Waals surface area contributed by atoms with Gasteiger partial charge in [-0.25, -0.2) is 4.39 Å². The number of benzene rings is 1. The second-order valence-electron chi connectivity index (χ2n) is 5.58. The number of carboxylic acids is 1. The minimum atomic E-state index is -1.62. The summed E-state index contributed by atoms with van der Waals surface area (Å²) in [7, 11) is 0. The van der Waals surface area contributed by atoms with Crippen LogP contribution >= 0.6 is 0 Å². The van der Waals surface area contributed by atoms with E-state index in [0.29, 0.717) is 11.4 Å². The molecule has 0 bridgehead atoms. The van der Waals surface area contributed by atoms with Crippen molar-refractivity contribution in [1.82, 2.24) is 14.8 Å². The molecule has 0 aliphatic heterocycles. The third-order valence-electron chi connectivity index (χ3n) is 3.74. The predicted molar refractivity (Wildman–Crippen MR) is 89.5 cm³/mol. The standard InChI is InChI=1S/C18H12FN5O3.Li/c1-10-6-15(12(18(26)27)7-13(10)19)21-17(25)14-2-3-16(23-22-14)24-5-4-11(8-20)9-24;/h2-7,9H,1H3,(H,21,25)(H,26,27);/q;+1/p-1. The molecule has 28 heavy (non-hydrogen) atoms. The number of rotatable bonds is 4. The summed E-state index contributed by atoms with van der Waals surface area (Å²) in [6.07, 6.45) is 3.17. The average molecular weight is 371 g/mol. The topological polar surface area (TPSA) is 124 Å². The molecule has 134 valence electrons. The first-order valence-corrected chi connectivity index (χ1v) is 7.64. The van der Waals surface area contributed by atoms with Crippen molar-refractivity contribution in [1.29, 1.82) is 5.26 Å². The third-order valence-corrected chi connectivity index (χ3v) is 3.74. The van der Waals surface area contributed by atoms with E-state index in [9.17, 15) is 19.1 Å². The van der Waals surface area contributed by atoms with Crippen molar-refractivity contribution in [3.8, 4) is 11.9 Å².